The molecule has 0 aliphatic carbocycles. The first-order chi connectivity index (χ1) is 9.47. The Balaban J connectivity index is 1.82. The van der Waals surface area contributed by atoms with Crippen LogP contribution in [0, 0.1) is 0 Å². The van der Waals surface area contributed by atoms with E-state index in [1.807, 2.05) is 0 Å². The summed E-state index contributed by atoms with van der Waals surface area (Å²) in [5, 5.41) is 0. The maximum Gasteiger partial charge on any atom is 0.419 e. The van der Waals surface area contributed by atoms with Crippen molar-refractivity contribution in [3.8, 4) is 0 Å². The van der Waals surface area contributed by atoms with Gasteiger partial charge >= 0.3 is 6.18 Å². The van der Waals surface area contributed by atoms with Crippen molar-refractivity contribution in [2.45, 2.75) is 37.5 Å². The van der Waals surface area contributed by atoms with Gasteiger partial charge in [0, 0.05) is 37.6 Å². The molecular formula is C13H17F3N4. The molecule has 3 heterocycles. The largest absolute Gasteiger partial charge is 0.419 e. The average molecular weight is 286 g/mol. The second-order valence-corrected chi connectivity index (χ2v) is 5.51. The summed E-state index contributed by atoms with van der Waals surface area (Å²) in [5.41, 5.74) is -0.793. The van der Waals surface area contributed by atoms with Crippen LogP contribution in [0.25, 0.3) is 0 Å². The molecule has 2 atom stereocenters. The molecule has 7 heteroatoms. The number of likely N-dealkylation sites (N-methyl/N-ethyl adjacent to an activating group) is 1. The third-order valence-electron chi connectivity index (χ3n) is 4.31. The zero-order chi connectivity index (χ0) is 14.3. The van der Waals surface area contributed by atoms with E-state index >= 15 is 0 Å². The van der Waals surface area contributed by atoms with E-state index in [0.29, 0.717) is 18.0 Å². The third kappa shape index (κ3) is 2.34. The molecule has 0 bridgehead atoms. The fraction of sp³-hybridized carbons (Fsp3) is 0.692. The summed E-state index contributed by atoms with van der Waals surface area (Å²) in [7, 11) is 2.10. The maximum absolute atomic E-state index is 12.5. The van der Waals surface area contributed by atoms with Gasteiger partial charge in [-0.2, -0.15) is 13.2 Å². The number of halogens is 3. The van der Waals surface area contributed by atoms with E-state index in [9.17, 15) is 13.2 Å². The van der Waals surface area contributed by atoms with Crippen molar-refractivity contribution in [3.05, 3.63) is 18.0 Å². The highest BCUT2D eigenvalue weighted by Gasteiger charge is 2.39. The molecule has 0 N–H and O–H groups in total. The van der Waals surface area contributed by atoms with Gasteiger partial charge in [0.05, 0.1) is 5.56 Å². The lowest BCUT2D eigenvalue weighted by molar-refractivity contribution is -0.138. The number of likely N-dealkylation sites (tertiary alicyclic amines) is 1. The van der Waals surface area contributed by atoms with Gasteiger partial charge in [-0.05, 0) is 26.3 Å². The van der Waals surface area contributed by atoms with Crippen LogP contribution in [-0.2, 0) is 6.18 Å². The van der Waals surface area contributed by atoms with Crippen molar-refractivity contribution in [1.82, 2.24) is 14.9 Å². The number of hydrogen-bond acceptors (Lipinski definition) is 4. The lowest BCUT2D eigenvalue weighted by Crippen LogP contribution is -2.49. The summed E-state index contributed by atoms with van der Waals surface area (Å²) in [4.78, 5) is 12.2. The predicted molar refractivity (Wildman–Crippen MR) is 68.4 cm³/mol. The van der Waals surface area contributed by atoms with Crippen LogP contribution >= 0.6 is 0 Å². The van der Waals surface area contributed by atoms with Gasteiger partial charge in [-0.3, -0.25) is 0 Å². The number of hydrogen-bond donors (Lipinski definition) is 0. The zero-order valence-electron chi connectivity index (χ0n) is 11.3. The van der Waals surface area contributed by atoms with Crippen LogP contribution in [0.3, 0.4) is 0 Å². The van der Waals surface area contributed by atoms with E-state index in [0.717, 1.165) is 44.7 Å². The molecule has 0 radical (unpaired) electrons. The first-order valence-electron chi connectivity index (χ1n) is 6.83. The number of rotatable bonds is 1. The fourth-order valence-electron chi connectivity index (χ4n) is 3.27. The highest BCUT2D eigenvalue weighted by atomic mass is 19.4. The molecule has 1 aromatic rings. The molecule has 2 fully saturated rings. The van der Waals surface area contributed by atoms with Gasteiger partial charge in [-0.1, -0.05) is 0 Å². The molecule has 2 saturated heterocycles. The van der Waals surface area contributed by atoms with E-state index in [-0.39, 0.29) is 0 Å². The molecule has 0 aromatic carbocycles. The average Bonchev–Trinajstić information content (AvgIpc) is 2.80. The van der Waals surface area contributed by atoms with Crippen LogP contribution in [0.1, 0.15) is 24.8 Å². The van der Waals surface area contributed by atoms with Crippen LogP contribution in [-0.4, -0.2) is 47.1 Å². The van der Waals surface area contributed by atoms with Crippen LogP contribution in [0.2, 0.25) is 0 Å². The Labute approximate surface area is 115 Å². The first-order valence-corrected chi connectivity index (χ1v) is 6.83. The Kier molecular flexibility index (Phi) is 3.32. The Bertz CT molecular complexity index is 473. The quantitative estimate of drug-likeness (QED) is 0.792. The summed E-state index contributed by atoms with van der Waals surface area (Å²) in [6.07, 6.45) is 0.561. The molecule has 1 aromatic heterocycles. The summed E-state index contributed by atoms with van der Waals surface area (Å²) in [6.45, 7) is 1.84. The van der Waals surface area contributed by atoms with Crippen molar-refractivity contribution in [3.63, 3.8) is 0 Å². The molecule has 3 rings (SSSR count). The minimum absolute atomic E-state index is 0.325. The molecule has 0 unspecified atom stereocenters. The van der Waals surface area contributed by atoms with Crippen molar-refractivity contribution < 1.29 is 13.2 Å². The van der Waals surface area contributed by atoms with E-state index in [4.69, 9.17) is 0 Å². The summed E-state index contributed by atoms with van der Waals surface area (Å²) < 4.78 is 37.6. The standard InChI is InChI=1S/C13H17F3N4/c1-19-6-4-11-10(19)3-2-5-20(11)12-17-7-9(8-18-12)13(14,15)16/h7-8,10-11H,2-6H2,1H3/t10-,11-/m1/s1. The number of nitrogens with zero attached hydrogens (tertiary/aromatic N) is 4. The van der Waals surface area contributed by atoms with Crippen LogP contribution in [0.15, 0.2) is 12.4 Å². The topological polar surface area (TPSA) is 32.3 Å². The minimum Gasteiger partial charge on any atom is -0.336 e. The van der Waals surface area contributed by atoms with Gasteiger partial charge in [0.25, 0.3) is 0 Å². The third-order valence-corrected chi connectivity index (χ3v) is 4.31. The molecule has 2 aliphatic heterocycles. The molecule has 2 aliphatic rings. The molecule has 0 amide bonds. The SMILES string of the molecule is CN1CC[C@@H]2[C@H]1CCCN2c1ncc(C(F)(F)F)cn1. The Morgan fingerprint density at radius 3 is 2.45 bits per heavy atom. The van der Waals surface area contributed by atoms with Gasteiger partial charge in [0.1, 0.15) is 0 Å². The van der Waals surface area contributed by atoms with E-state index in [1.54, 1.807) is 0 Å². The second-order valence-electron chi connectivity index (χ2n) is 5.51. The van der Waals surface area contributed by atoms with E-state index < -0.39 is 11.7 Å². The minimum atomic E-state index is -4.38. The fourth-order valence-corrected chi connectivity index (χ4v) is 3.27. The van der Waals surface area contributed by atoms with E-state index in [1.165, 1.54) is 0 Å². The molecule has 4 nitrogen and oxygen atoms in total. The zero-order valence-corrected chi connectivity index (χ0v) is 11.3. The van der Waals surface area contributed by atoms with Gasteiger partial charge in [-0.25, -0.2) is 9.97 Å². The molecule has 0 saturated carbocycles. The number of piperidine rings is 1. The van der Waals surface area contributed by atoms with Gasteiger partial charge < -0.3 is 9.80 Å². The van der Waals surface area contributed by atoms with Crippen molar-refractivity contribution >= 4 is 5.95 Å². The number of anilines is 1. The highest BCUT2D eigenvalue weighted by Crippen LogP contribution is 2.33. The van der Waals surface area contributed by atoms with Crippen molar-refractivity contribution in [2.24, 2.45) is 0 Å². The second kappa shape index (κ2) is 4.87. The van der Waals surface area contributed by atoms with Crippen molar-refractivity contribution in [2.75, 3.05) is 25.0 Å². The Morgan fingerprint density at radius 1 is 1.10 bits per heavy atom. The number of aromatic nitrogens is 2. The lowest BCUT2D eigenvalue weighted by atomic mass is 9.97. The Hall–Kier alpha value is -1.37. The smallest absolute Gasteiger partial charge is 0.336 e. The maximum atomic E-state index is 12.5. The summed E-state index contributed by atoms with van der Waals surface area (Å²) in [5.74, 6) is 0.419. The number of alkyl halides is 3. The molecular weight excluding hydrogens is 269 g/mol. The lowest BCUT2D eigenvalue weighted by Gasteiger charge is -2.39. The molecule has 110 valence electrons. The van der Waals surface area contributed by atoms with E-state index in [2.05, 4.69) is 26.8 Å². The molecule has 20 heavy (non-hydrogen) atoms. The highest BCUT2D eigenvalue weighted by molar-refractivity contribution is 5.35. The van der Waals surface area contributed by atoms with Crippen LogP contribution in [0.5, 0.6) is 0 Å². The van der Waals surface area contributed by atoms with Crippen LogP contribution in [0.4, 0.5) is 19.1 Å². The normalized spacial score (nSPS) is 27.7. The Morgan fingerprint density at radius 2 is 1.80 bits per heavy atom. The number of fused-ring (bicyclic) bond motifs is 1. The monoisotopic (exact) mass is 286 g/mol. The van der Waals surface area contributed by atoms with Gasteiger partial charge in [0.15, 0.2) is 0 Å². The van der Waals surface area contributed by atoms with Crippen molar-refractivity contribution in [1.29, 1.82) is 0 Å². The first kappa shape index (κ1) is 13.6. The van der Waals surface area contributed by atoms with Gasteiger partial charge in [-0.15, -0.1) is 0 Å². The summed E-state index contributed by atoms with van der Waals surface area (Å²) in [6, 6.07) is 0.792. The predicted octanol–water partition coefficient (Wildman–Crippen LogP) is 2.17. The van der Waals surface area contributed by atoms with Gasteiger partial charge in [0.2, 0.25) is 5.95 Å². The summed E-state index contributed by atoms with van der Waals surface area (Å²) >= 11 is 0. The van der Waals surface area contributed by atoms with Crippen LogP contribution < -0.4 is 4.90 Å². The molecule has 0 spiro atoms.